The number of hydrogen-bond donors (Lipinski definition) is 3. The van der Waals surface area contributed by atoms with Crippen LogP contribution in [-0.2, 0) is 5.60 Å². The Balaban J connectivity index is 1.66. The summed E-state index contributed by atoms with van der Waals surface area (Å²) in [5, 5.41) is 10.5. The molecule has 0 aliphatic heterocycles. The van der Waals surface area contributed by atoms with Crippen LogP contribution in [0.5, 0.6) is 0 Å². The van der Waals surface area contributed by atoms with E-state index in [0.29, 0.717) is 38.9 Å². The number of fused-ring (bicyclic) bond motifs is 4. The maximum absolute atomic E-state index is 15.1. The van der Waals surface area contributed by atoms with E-state index in [9.17, 15) is 23.9 Å². The molecule has 0 fully saturated rings. The maximum atomic E-state index is 15.1. The molecule has 6 rings (SSSR count). The van der Waals surface area contributed by atoms with Crippen LogP contribution in [0.3, 0.4) is 0 Å². The van der Waals surface area contributed by atoms with E-state index in [-0.39, 0.29) is 22.1 Å². The molecule has 3 heterocycles. The molecule has 0 radical (unpaired) electrons. The summed E-state index contributed by atoms with van der Waals surface area (Å²) < 4.78 is 31.3. The van der Waals surface area contributed by atoms with E-state index >= 15 is 4.39 Å². The smallest absolute Gasteiger partial charge is 0.333 e. The van der Waals surface area contributed by atoms with E-state index < -0.39 is 28.5 Å². The molecule has 39 heavy (non-hydrogen) atoms. The zero-order chi connectivity index (χ0) is 27.8. The van der Waals surface area contributed by atoms with Gasteiger partial charge in [0.1, 0.15) is 17.2 Å². The minimum Gasteiger partial charge on any atom is -0.386 e. The van der Waals surface area contributed by atoms with Crippen LogP contribution < -0.4 is 16.8 Å². The van der Waals surface area contributed by atoms with Gasteiger partial charge in [0.05, 0.1) is 38.9 Å². The van der Waals surface area contributed by atoms with Crippen LogP contribution in [0.15, 0.2) is 75.0 Å². The molecule has 196 valence electrons. The molecule has 0 aliphatic rings. The Bertz CT molecular complexity index is 2160. The number of aromatic nitrogens is 4. The molecule has 0 unspecified atom stereocenters. The zero-order valence-electron chi connectivity index (χ0n) is 21.1. The van der Waals surface area contributed by atoms with Crippen LogP contribution >= 0.6 is 0 Å². The first kappa shape index (κ1) is 24.5. The largest absolute Gasteiger partial charge is 0.386 e. The van der Waals surface area contributed by atoms with Crippen molar-refractivity contribution >= 4 is 27.5 Å². The number of aliphatic hydroxyl groups is 1. The molecule has 3 aromatic heterocycles. The third-order valence-electron chi connectivity index (χ3n) is 7.03. The second kappa shape index (κ2) is 8.34. The molecular formula is C29H22F2N4O4. The fourth-order valence-electron chi connectivity index (χ4n) is 5.05. The Morgan fingerprint density at radius 2 is 1.56 bits per heavy atom. The highest BCUT2D eigenvalue weighted by atomic mass is 19.1. The minimum atomic E-state index is -1.14. The Morgan fingerprint density at radius 3 is 2.31 bits per heavy atom. The lowest BCUT2D eigenvalue weighted by atomic mass is 9.98. The summed E-state index contributed by atoms with van der Waals surface area (Å²) in [7, 11) is 0. The van der Waals surface area contributed by atoms with Crippen LogP contribution in [0.4, 0.5) is 8.78 Å². The van der Waals surface area contributed by atoms with Gasteiger partial charge in [0.15, 0.2) is 0 Å². The number of rotatable bonds is 3. The zero-order valence-corrected chi connectivity index (χ0v) is 21.1. The van der Waals surface area contributed by atoms with Crippen molar-refractivity contribution in [3.05, 3.63) is 115 Å². The first-order valence-corrected chi connectivity index (χ1v) is 12.1. The molecule has 0 bridgehead atoms. The Hall–Kier alpha value is -4.83. The van der Waals surface area contributed by atoms with Gasteiger partial charge in [-0.15, -0.1) is 0 Å². The molecule has 0 atom stereocenters. The summed E-state index contributed by atoms with van der Waals surface area (Å²) in [5.41, 5.74) is 0.139. The lowest BCUT2D eigenvalue weighted by molar-refractivity contribution is 0.0787. The summed E-state index contributed by atoms with van der Waals surface area (Å²) in [6.45, 7) is 4.92. The normalized spacial score (nSPS) is 12.2. The molecule has 6 aromatic rings. The fourth-order valence-corrected chi connectivity index (χ4v) is 5.05. The molecule has 0 spiro atoms. The number of H-pyrrole nitrogens is 2. The van der Waals surface area contributed by atoms with Gasteiger partial charge in [0.2, 0.25) is 0 Å². The van der Waals surface area contributed by atoms with E-state index in [4.69, 9.17) is 0 Å². The molecule has 0 saturated heterocycles. The van der Waals surface area contributed by atoms with Gasteiger partial charge in [0.25, 0.3) is 11.1 Å². The molecule has 0 aliphatic carbocycles. The van der Waals surface area contributed by atoms with Gasteiger partial charge in [0, 0.05) is 5.56 Å². The Labute approximate surface area is 218 Å². The third kappa shape index (κ3) is 3.79. The van der Waals surface area contributed by atoms with Crippen molar-refractivity contribution < 1.29 is 13.9 Å². The van der Waals surface area contributed by atoms with E-state index in [1.807, 2.05) is 0 Å². The third-order valence-corrected chi connectivity index (χ3v) is 7.03. The summed E-state index contributed by atoms with van der Waals surface area (Å²) in [6.07, 6.45) is 0. The summed E-state index contributed by atoms with van der Waals surface area (Å²) >= 11 is 0. The van der Waals surface area contributed by atoms with Crippen molar-refractivity contribution in [2.75, 3.05) is 0 Å². The highest BCUT2D eigenvalue weighted by Gasteiger charge is 2.21. The summed E-state index contributed by atoms with van der Waals surface area (Å²) in [5.74, 6) is -1.32. The predicted octanol–water partition coefficient (Wildman–Crippen LogP) is 4.25. The minimum absolute atomic E-state index is 0.0101. The molecule has 8 nitrogen and oxygen atoms in total. The molecule has 10 heteroatoms. The van der Waals surface area contributed by atoms with Gasteiger partial charge in [-0.3, -0.25) is 9.59 Å². The predicted molar refractivity (Wildman–Crippen MR) is 145 cm³/mol. The Kier molecular flexibility index (Phi) is 5.24. The fraction of sp³-hybridized carbons (Fsp3) is 0.138. The van der Waals surface area contributed by atoms with Crippen molar-refractivity contribution in [3.8, 4) is 16.9 Å². The summed E-state index contributed by atoms with van der Waals surface area (Å²) in [4.78, 5) is 44.5. The maximum Gasteiger partial charge on any atom is 0.333 e. The highest BCUT2D eigenvalue weighted by molar-refractivity contribution is 5.84. The van der Waals surface area contributed by atoms with Gasteiger partial charge >= 0.3 is 5.69 Å². The molecule has 0 amide bonds. The second-order valence-electron chi connectivity index (χ2n) is 10.0. The van der Waals surface area contributed by atoms with Crippen molar-refractivity contribution in [2.45, 2.75) is 26.4 Å². The van der Waals surface area contributed by atoms with Crippen LogP contribution in [0, 0.1) is 18.6 Å². The molecule has 0 saturated carbocycles. The van der Waals surface area contributed by atoms with Gasteiger partial charge in [-0.2, -0.15) is 0 Å². The van der Waals surface area contributed by atoms with E-state index in [1.165, 1.54) is 12.1 Å². The lowest BCUT2D eigenvalue weighted by Crippen LogP contribution is -2.34. The van der Waals surface area contributed by atoms with E-state index in [0.717, 1.165) is 22.8 Å². The Morgan fingerprint density at radius 1 is 0.821 bits per heavy atom. The number of halogens is 2. The van der Waals surface area contributed by atoms with Gasteiger partial charge < -0.3 is 19.5 Å². The van der Waals surface area contributed by atoms with Crippen molar-refractivity contribution in [1.29, 1.82) is 0 Å². The van der Waals surface area contributed by atoms with Crippen molar-refractivity contribution in [3.63, 3.8) is 0 Å². The lowest BCUT2D eigenvalue weighted by Gasteiger charge is -2.19. The van der Waals surface area contributed by atoms with Crippen LogP contribution in [0.1, 0.15) is 25.0 Å². The van der Waals surface area contributed by atoms with Crippen molar-refractivity contribution in [1.82, 2.24) is 18.9 Å². The van der Waals surface area contributed by atoms with Crippen LogP contribution in [0.25, 0.3) is 44.4 Å². The topological polar surface area (TPSA) is 112 Å². The number of benzene rings is 3. The number of nitrogens with zero attached hydrogens (tertiary/aromatic N) is 2. The van der Waals surface area contributed by atoms with E-state index in [2.05, 4.69) is 9.97 Å². The molecule has 3 aromatic carbocycles. The quantitative estimate of drug-likeness (QED) is 0.319. The van der Waals surface area contributed by atoms with E-state index in [1.54, 1.807) is 55.5 Å². The monoisotopic (exact) mass is 528 g/mol. The summed E-state index contributed by atoms with van der Waals surface area (Å²) in [6, 6.07) is 14.2. The van der Waals surface area contributed by atoms with Crippen LogP contribution in [0.2, 0.25) is 0 Å². The molecular weight excluding hydrogens is 506 g/mol. The van der Waals surface area contributed by atoms with Crippen molar-refractivity contribution in [2.24, 2.45) is 0 Å². The first-order valence-electron chi connectivity index (χ1n) is 12.1. The van der Waals surface area contributed by atoms with Crippen LogP contribution in [-0.4, -0.2) is 24.0 Å². The van der Waals surface area contributed by atoms with Gasteiger partial charge in [-0.05, 0) is 86.5 Å². The van der Waals surface area contributed by atoms with Gasteiger partial charge in [-0.25, -0.2) is 18.1 Å². The van der Waals surface area contributed by atoms with Gasteiger partial charge in [-0.1, -0.05) is 6.07 Å². The highest BCUT2D eigenvalue weighted by Crippen LogP contribution is 2.32. The SMILES string of the molecule is Cc1c(-c2ccc3c(=O)[nH]c4cc(C(C)(C)O)ccc4n23)cc(F)cc1-n1c(=O)[nH]c2cc(F)ccc2c1=O. The number of hydrogen-bond acceptors (Lipinski definition) is 4. The first-order chi connectivity index (χ1) is 18.4. The second-order valence-corrected chi connectivity index (χ2v) is 10.0. The number of aromatic amines is 2. The average Bonchev–Trinajstić information content (AvgIpc) is 3.31. The standard InChI is InChI=1S/C29H22F2N4O4/c1-14-19(11-17(31)13-25(14)35-27(37)18-6-5-16(30)12-20(18)33-28(35)38)22-8-9-24-26(36)32-21-10-15(29(2,3)39)4-7-23(21)34(22)24/h4-13,39H,1-3H3,(H,32,36)(H,33,38). The average molecular weight is 529 g/mol. The number of nitrogens with one attached hydrogen (secondary N) is 2. The molecule has 3 N–H and O–H groups in total.